The molecule has 0 spiro atoms. The molecule has 0 bridgehead atoms. The zero-order chi connectivity index (χ0) is 23.5. The lowest BCUT2D eigenvalue weighted by atomic mass is 9.95. The van der Waals surface area contributed by atoms with Crippen LogP contribution in [0.1, 0.15) is 44.6 Å². The Balaban J connectivity index is 1.42. The van der Waals surface area contributed by atoms with Crippen LogP contribution >= 0.6 is 0 Å². The molecule has 1 aliphatic carbocycles. The van der Waals surface area contributed by atoms with Gasteiger partial charge in [0.15, 0.2) is 0 Å². The lowest BCUT2D eigenvalue weighted by Crippen LogP contribution is -2.23. The number of rotatable bonds is 7. The van der Waals surface area contributed by atoms with Gasteiger partial charge in [0.1, 0.15) is 0 Å². The van der Waals surface area contributed by atoms with Crippen LogP contribution in [0.3, 0.4) is 0 Å². The van der Waals surface area contributed by atoms with Crippen molar-refractivity contribution in [3.63, 3.8) is 0 Å². The van der Waals surface area contributed by atoms with Crippen molar-refractivity contribution in [2.75, 3.05) is 30.4 Å². The van der Waals surface area contributed by atoms with Crippen LogP contribution in [-0.4, -0.2) is 54.8 Å². The van der Waals surface area contributed by atoms with Crippen LogP contribution in [0, 0.1) is 0 Å². The van der Waals surface area contributed by atoms with Crippen molar-refractivity contribution in [1.29, 1.82) is 0 Å². The van der Waals surface area contributed by atoms with Gasteiger partial charge in [0.05, 0.1) is 10.9 Å². The molecular weight excluding hydrogens is 450 g/mol. The summed E-state index contributed by atoms with van der Waals surface area (Å²) in [4.78, 5) is 4.19. The fourth-order valence-electron chi connectivity index (χ4n) is 4.88. The Kier molecular flexibility index (Phi) is 6.51. The van der Waals surface area contributed by atoms with Gasteiger partial charge < -0.3 is 10.2 Å². The standard InChI is InChI=1S/C24H31N7O2S/c1-25-34(32,33)21-12-13-23(26-18-8-4-2-5-9-18)22(16-21)24-27-29-31(28-24)20-14-15-30(17-20)19-10-6-3-7-11-19/h3,6-7,10-13,16,18,20,25-26H,2,4-5,8-9,14-15,17H2,1H3. The highest BCUT2D eigenvalue weighted by Crippen LogP contribution is 2.32. The van der Waals surface area contributed by atoms with Gasteiger partial charge in [-0.3, -0.25) is 0 Å². The maximum absolute atomic E-state index is 12.5. The van der Waals surface area contributed by atoms with E-state index < -0.39 is 10.0 Å². The summed E-state index contributed by atoms with van der Waals surface area (Å²) in [5.41, 5.74) is 2.69. The number of sulfonamides is 1. The number of nitrogens with zero attached hydrogens (tertiary/aromatic N) is 5. The molecular formula is C24H31N7O2S. The normalized spacial score (nSPS) is 19.4. The van der Waals surface area contributed by atoms with Crippen LogP contribution < -0.4 is 14.9 Å². The van der Waals surface area contributed by atoms with Crippen LogP contribution in [0.15, 0.2) is 53.4 Å². The molecule has 1 aromatic heterocycles. The number of para-hydroxylation sites is 1. The third-order valence-corrected chi connectivity index (χ3v) is 8.23. The predicted molar refractivity (Wildman–Crippen MR) is 132 cm³/mol. The highest BCUT2D eigenvalue weighted by Gasteiger charge is 2.27. The number of anilines is 2. The first-order valence-corrected chi connectivity index (χ1v) is 13.5. The molecule has 0 amide bonds. The van der Waals surface area contributed by atoms with Gasteiger partial charge in [-0.25, -0.2) is 13.1 Å². The van der Waals surface area contributed by atoms with Crippen molar-refractivity contribution in [3.8, 4) is 11.4 Å². The van der Waals surface area contributed by atoms with Crippen molar-refractivity contribution >= 4 is 21.4 Å². The van der Waals surface area contributed by atoms with Crippen molar-refractivity contribution < 1.29 is 8.42 Å². The van der Waals surface area contributed by atoms with E-state index in [1.165, 1.54) is 32.0 Å². The fraction of sp³-hybridized carbons (Fsp3) is 0.458. The Bertz CT molecular complexity index is 1220. The van der Waals surface area contributed by atoms with Crippen LogP contribution in [-0.2, 0) is 10.0 Å². The Labute approximate surface area is 200 Å². The maximum Gasteiger partial charge on any atom is 0.240 e. The monoisotopic (exact) mass is 481 g/mol. The summed E-state index contributed by atoms with van der Waals surface area (Å²) < 4.78 is 27.3. The molecule has 10 heteroatoms. The lowest BCUT2D eigenvalue weighted by molar-refractivity contribution is 0.427. The third kappa shape index (κ3) is 4.78. The molecule has 2 aliphatic rings. The van der Waals surface area contributed by atoms with Crippen molar-refractivity contribution in [2.24, 2.45) is 0 Å². The number of benzene rings is 2. The minimum absolute atomic E-state index is 0.112. The smallest absolute Gasteiger partial charge is 0.240 e. The third-order valence-electron chi connectivity index (χ3n) is 6.82. The van der Waals surface area contributed by atoms with Gasteiger partial charge in [-0.05, 0) is 61.9 Å². The quantitative estimate of drug-likeness (QED) is 0.533. The van der Waals surface area contributed by atoms with E-state index in [9.17, 15) is 8.42 Å². The van der Waals surface area contributed by atoms with E-state index in [2.05, 4.69) is 37.4 Å². The summed E-state index contributed by atoms with van der Waals surface area (Å²) in [7, 11) is -2.18. The first kappa shape index (κ1) is 22.8. The van der Waals surface area contributed by atoms with Gasteiger partial charge in [-0.1, -0.05) is 37.5 Å². The van der Waals surface area contributed by atoms with E-state index >= 15 is 0 Å². The van der Waals surface area contributed by atoms with Crippen LogP contribution in [0.4, 0.5) is 11.4 Å². The molecule has 1 saturated heterocycles. The number of nitrogens with one attached hydrogen (secondary N) is 2. The number of aromatic nitrogens is 4. The first-order chi connectivity index (χ1) is 16.5. The highest BCUT2D eigenvalue weighted by atomic mass is 32.2. The number of hydrogen-bond acceptors (Lipinski definition) is 7. The molecule has 0 radical (unpaired) electrons. The molecule has 1 saturated carbocycles. The average molecular weight is 482 g/mol. The Morgan fingerprint density at radius 3 is 2.56 bits per heavy atom. The Hall–Kier alpha value is -2.98. The summed E-state index contributed by atoms with van der Waals surface area (Å²) in [5, 5.41) is 17.0. The zero-order valence-electron chi connectivity index (χ0n) is 19.4. The number of hydrogen-bond donors (Lipinski definition) is 2. The summed E-state index contributed by atoms with van der Waals surface area (Å²) >= 11 is 0. The van der Waals surface area contributed by atoms with Gasteiger partial charge in [-0.2, -0.15) is 4.80 Å². The zero-order valence-corrected chi connectivity index (χ0v) is 20.2. The lowest BCUT2D eigenvalue weighted by Gasteiger charge is -2.25. The Morgan fingerprint density at radius 1 is 1.00 bits per heavy atom. The van der Waals surface area contributed by atoms with E-state index in [-0.39, 0.29) is 10.9 Å². The first-order valence-electron chi connectivity index (χ1n) is 12.0. The molecule has 2 aromatic carbocycles. The number of tetrazole rings is 1. The summed E-state index contributed by atoms with van der Waals surface area (Å²) in [6.07, 6.45) is 6.80. The molecule has 34 heavy (non-hydrogen) atoms. The maximum atomic E-state index is 12.5. The van der Waals surface area contributed by atoms with E-state index in [1.807, 2.05) is 24.3 Å². The van der Waals surface area contributed by atoms with E-state index in [0.717, 1.165) is 38.0 Å². The van der Waals surface area contributed by atoms with Gasteiger partial charge >= 0.3 is 0 Å². The molecule has 3 aromatic rings. The molecule has 1 atom stereocenters. The SMILES string of the molecule is CNS(=O)(=O)c1ccc(NC2CCCCC2)c(-c2nnn(C3CCN(c4ccccc4)C3)n2)c1. The van der Waals surface area contributed by atoms with Gasteiger partial charge in [0.2, 0.25) is 15.8 Å². The van der Waals surface area contributed by atoms with E-state index in [0.29, 0.717) is 17.4 Å². The Morgan fingerprint density at radius 2 is 1.79 bits per heavy atom. The highest BCUT2D eigenvalue weighted by molar-refractivity contribution is 7.89. The van der Waals surface area contributed by atoms with Crippen molar-refractivity contribution in [3.05, 3.63) is 48.5 Å². The molecule has 2 N–H and O–H groups in total. The topological polar surface area (TPSA) is 105 Å². The average Bonchev–Trinajstić information content (AvgIpc) is 3.56. The predicted octanol–water partition coefficient (Wildman–Crippen LogP) is 3.44. The summed E-state index contributed by atoms with van der Waals surface area (Å²) in [6.45, 7) is 1.73. The molecule has 9 nitrogen and oxygen atoms in total. The van der Waals surface area contributed by atoms with Crippen molar-refractivity contribution in [1.82, 2.24) is 24.9 Å². The van der Waals surface area contributed by atoms with Crippen LogP contribution in [0.5, 0.6) is 0 Å². The molecule has 5 rings (SSSR count). The molecule has 2 heterocycles. The van der Waals surface area contributed by atoms with Crippen molar-refractivity contribution in [2.45, 2.75) is 55.5 Å². The van der Waals surface area contributed by atoms with Gasteiger partial charge in [-0.15, -0.1) is 10.2 Å². The van der Waals surface area contributed by atoms with Gasteiger partial charge in [0, 0.05) is 36.1 Å². The summed E-state index contributed by atoms with van der Waals surface area (Å²) in [6, 6.07) is 15.9. The van der Waals surface area contributed by atoms with Gasteiger partial charge in [0.25, 0.3) is 0 Å². The second-order valence-corrected chi connectivity index (χ2v) is 10.9. The molecule has 1 unspecified atom stereocenters. The second-order valence-electron chi connectivity index (χ2n) is 9.05. The minimum Gasteiger partial charge on any atom is -0.382 e. The molecule has 1 aliphatic heterocycles. The van der Waals surface area contributed by atoms with E-state index in [4.69, 9.17) is 5.10 Å². The van der Waals surface area contributed by atoms with Crippen LogP contribution in [0.25, 0.3) is 11.4 Å². The van der Waals surface area contributed by atoms with E-state index in [1.54, 1.807) is 16.9 Å². The largest absolute Gasteiger partial charge is 0.382 e. The molecule has 2 fully saturated rings. The second kappa shape index (κ2) is 9.71. The minimum atomic E-state index is -3.59. The summed E-state index contributed by atoms with van der Waals surface area (Å²) in [5.74, 6) is 0.435. The fourth-order valence-corrected chi connectivity index (χ4v) is 5.63. The van der Waals surface area contributed by atoms with Crippen LogP contribution in [0.2, 0.25) is 0 Å². The molecule has 180 valence electrons.